The van der Waals surface area contributed by atoms with Gasteiger partial charge in [-0.3, -0.25) is 30.2 Å². The second-order valence-corrected chi connectivity index (χ2v) is 6.88. The fraction of sp³-hybridized carbons (Fsp3) is 1.00. The van der Waals surface area contributed by atoms with Crippen molar-refractivity contribution in [2.24, 2.45) is 0 Å². The van der Waals surface area contributed by atoms with Crippen molar-refractivity contribution >= 4 is 0 Å². The van der Waals surface area contributed by atoms with Gasteiger partial charge in [-0.25, -0.2) is 0 Å². The lowest BCUT2D eigenvalue weighted by atomic mass is 9.97. The number of nitrogens with one attached hydrogen (secondary N) is 2. The van der Waals surface area contributed by atoms with Crippen LogP contribution in [0.3, 0.4) is 0 Å². The molecule has 4 atom stereocenters. The molecule has 5 rings (SSSR count). The number of hydrogen-bond donors (Lipinski definition) is 2. The van der Waals surface area contributed by atoms with Gasteiger partial charge in [-0.05, 0) is 12.8 Å². The Bertz CT molecular complexity index is 322. The highest BCUT2D eigenvalue weighted by Crippen LogP contribution is 2.35. The summed E-state index contributed by atoms with van der Waals surface area (Å²) in [6.07, 6.45) is 4.90. The summed E-state index contributed by atoms with van der Waals surface area (Å²) in [5, 5.41) is 7.65. The first-order valence-corrected chi connectivity index (χ1v) is 8.40. The third kappa shape index (κ3) is 1.60. The van der Waals surface area contributed by atoms with E-state index in [-0.39, 0.29) is 0 Å². The van der Waals surface area contributed by atoms with E-state index < -0.39 is 0 Å². The van der Waals surface area contributed by atoms with E-state index in [9.17, 15) is 0 Å². The minimum absolute atomic E-state index is 0.535. The van der Waals surface area contributed by atoms with Crippen LogP contribution in [0.5, 0.6) is 0 Å². The maximum Gasteiger partial charge on any atom is 0.0933 e. The van der Waals surface area contributed by atoms with E-state index in [2.05, 4.69) is 30.2 Å². The highest BCUT2D eigenvalue weighted by molar-refractivity contribution is 5.05. The zero-order valence-electron chi connectivity index (χ0n) is 12.2. The van der Waals surface area contributed by atoms with Crippen LogP contribution in [0.1, 0.15) is 12.8 Å². The quantitative estimate of drug-likeness (QED) is 0.563. The minimum Gasteiger partial charge on any atom is -0.298 e. The molecule has 0 radical (unpaired) electrons. The van der Waals surface area contributed by atoms with Gasteiger partial charge in [0.1, 0.15) is 0 Å². The van der Waals surface area contributed by atoms with Crippen LogP contribution in [0.25, 0.3) is 0 Å². The number of piperazine rings is 3. The maximum atomic E-state index is 3.83. The molecule has 5 heterocycles. The van der Waals surface area contributed by atoms with Crippen molar-refractivity contribution in [3.8, 4) is 0 Å². The minimum atomic E-state index is 0.535. The Morgan fingerprint density at radius 3 is 1.60 bits per heavy atom. The Kier molecular flexibility index (Phi) is 2.85. The van der Waals surface area contributed by atoms with Crippen molar-refractivity contribution in [3.05, 3.63) is 0 Å². The topological polar surface area (TPSA) is 37.0 Å². The number of hydrogen-bond acceptors (Lipinski definition) is 6. The molecule has 6 heteroatoms. The normalized spacial score (nSPS) is 46.8. The highest BCUT2D eigenvalue weighted by Gasteiger charge is 2.55. The van der Waals surface area contributed by atoms with E-state index in [1.165, 1.54) is 52.1 Å². The first-order chi connectivity index (χ1) is 9.93. The molecule has 5 saturated heterocycles. The molecule has 20 heavy (non-hydrogen) atoms. The standard InChI is InChI=1S/C14H26N6/c1-5-17-9-3-16-12-13(17)19(7-1)11-14-18(10-4-15-11)6-2-8-20(12)14/h11-16H,1-10H2. The molecule has 112 valence electrons. The van der Waals surface area contributed by atoms with Gasteiger partial charge in [0.15, 0.2) is 0 Å². The molecule has 2 N–H and O–H groups in total. The SMILES string of the molecule is C1CN2CCNC3C2N(C1)C1NCCN2CCCN3C12. The van der Waals surface area contributed by atoms with E-state index in [1.807, 2.05) is 0 Å². The van der Waals surface area contributed by atoms with Gasteiger partial charge in [0, 0.05) is 52.4 Å². The third-order valence-corrected chi connectivity index (χ3v) is 5.94. The molecular formula is C14H26N6. The van der Waals surface area contributed by atoms with Crippen LogP contribution < -0.4 is 10.6 Å². The van der Waals surface area contributed by atoms with Crippen molar-refractivity contribution in [3.63, 3.8) is 0 Å². The Morgan fingerprint density at radius 1 is 0.600 bits per heavy atom. The molecular weight excluding hydrogens is 252 g/mol. The number of nitrogens with zero attached hydrogens (tertiary/aromatic N) is 4. The van der Waals surface area contributed by atoms with Crippen LogP contribution >= 0.6 is 0 Å². The Morgan fingerprint density at radius 2 is 1.10 bits per heavy atom. The third-order valence-electron chi connectivity index (χ3n) is 5.94. The van der Waals surface area contributed by atoms with Crippen molar-refractivity contribution in [2.75, 3.05) is 52.4 Å². The van der Waals surface area contributed by atoms with Gasteiger partial charge in [-0.2, -0.15) is 0 Å². The first-order valence-electron chi connectivity index (χ1n) is 8.40. The van der Waals surface area contributed by atoms with Crippen molar-refractivity contribution in [1.82, 2.24) is 30.2 Å². The van der Waals surface area contributed by atoms with E-state index in [4.69, 9.17) is 0 Å². The first kappa shape index (κ1) is 12.3. The molecule has 0 saturated carbocycles. The van der Waals surface area contributed by atoms with Crippen LogP contribution in [-0.4, -0.2) is 96.6 Å². The zero-order valence-corrected chi connectivity index (χ0v) is 12.2. The predicted octanol–water partition coefficient (Wildman–Crippen LogP) is -1.47. The summed E-state index contributed by atoms with van der Waals surface area (Å²) in [5.74, 6) is 0. The van der Waals surface area contributed by atoms with E-state index >= 15 is 0 Å². The van der Waals surface area contributed by atoms with E-state index in [0.717, 1.165) is 13.1 Å². The molecule has 5 aliphatic heterocycles. The summed E-state index contributed by atoms with van der Waals surface area (Å²) in [4.78, 5) is 11.0. The molecule has 0 bridgehead atoms. The van der Waals surface area contributed by atoms with Gasteiger partial charge in [-0.15, -0.1) is 0 Å². The second kappa shape index (κ2) is 4.63. The molecule has 0 aromatic rings. The molecule has 0 aromatic heterocycles. The summed E-state index contributed by atoms with van der Waals surface area (Å²) >= 11 is 0. The summed E-state index contributed by atoms with van der Waals surface area (Å²) in [6, 6.07) is 0. The van der Waals surface area contributed by atoms with Gasteiger partial charge < -0.3 is 0 Å². The van der Waals surface area contributed by atoms with Crippen LogP contribution in [0, 0.1) is 0 Å². The maximum absolute atomic E-state index is 3.83. The average molecular weight is 278 g/mol. The highest BCUT2D eigenvalue weighted by atomic mass is 15.6. The smallest absolute Gasteiger partial charge is 0.0933 e. The molecule has 0 aliphatic carbocycles. The lowest BCUT2D eigenvalue weighted by Gasteiger charge is -2.66. The summed E-state index contributed by atoms with van der Waals surface area (Å²) in [5.41, 5.74) is 0. The number of fused-ring (bicyclic) bond motifs is 2. The molecule has 4 unspecified atom stereocenters. The molecule has 5 aliphatic rings. The molecule has 5 fully saturated rings. The van der Waals surface area contributed by atoms with Gasteiger partial charge in [0.05, 0.1) is 24.7 Å². The molecule has 0 amide bonds. The van der Waals surface area contributed by atoms with Crippen LogP contribution in [0.4, 0.5) is 0 Å². The predicted molar refractivity (Wildman–Crippen MR) is 76.9 cm³/mol. The Hall–Kier alpha value is -0.240. The Labute approximate surface area is 121 Å². The van der Waals surface area contributed by atoms with Crippen LogP contribution in [0.15, 0.2) is 0 Å². The zero-order chi connectivity index (χ0) is 13.1. The molecule has 0 spiro atoms. The lowest BCUT2D eigenvalue weighted by Crippen LogP contribution is -2.86. The van der Waals surface area contributed by atoms with E-state index in [1.54, 1.807) is 0 Å². The van der Waals surface area contributed by atoms with Crippen LogP contribution in [0.2, 0.25) is 0 Å². The van der Waals surface area contributed by atoms with Gasteiger partial charge >= 0.3 is 0 Å². The summed E-state index contributed by atoms with van der Waals surface area (Å²) in [6.45, 7) is 9.82. The average Bonchev–Trinajstić information content (AvgIpc) is 2.52. The summed E-state index contributed by atoms with van der Waals surface area (Å²) < 4.78 is 0. The molecule has 0 aromatic carbocycles. The van der Waals surface area contributed by atoms with Crippen LogP contribution in [-0.2, 0) is 0 Å². The van der Waals surface area contributed by atoms with Crippen molar-refractivity contribution < 1.29 is 0 Å². The van der Waals surface area contributed by atoms with Gasteiger partial charge in [0.2, 0.25) is 0 Å². The van der Waals surface area contributed by atoms with Gasteiger partial charge in [-0.1, -0.05) is 0 Å². The number of rotatable bonds is 0. The van der Waals surface area contributed by atoms with Gasteiger partial charge in [0.25, 0.3) is 0 Å². The largest absolute Gasteiger partial charge is 0.298 e. The Balaban J connectivity index is 1.55. The second-order valence-electron chi connectivity index (χ2n) is 6.88. The fourth-order valence-corrected chi connectivity index (χ4v) is 5.22. The van der Waals surface area contributed by atoms with Crippen molar-refractivity contribution in [1.29, 1.82) is 0 Å². The van der Waals surface area contributed by atoms with Crippen molar-refractivity contribution in [2.45, 2.75) is 37.5 Å². The monoisotopic (exact) mass is 278 g/mol. The summed E-state index contributed by atoms with van der Waals surface area (Å²) in [7, 11) is 0. The lowest BCUT2D eigenvalue weighted by molar-refractivity contribution is -0.220. The van der Waals surface area contributed by atoms with E-state index in [0.29, 0.717) is 24.7 Å². The molecule has 6 nitrogen and oxygen atoms in total. The fourth-order valence-electron chi connectivity index (χ4n) is 5.22.